The predicted molar refractivity (Wildman–Crippen MR) is 83.6 cm³/mol. The monoisotopic (exact) mass is 332 g/mol. The Balaban J connectivity index is 1.79. The molecule has 3 aromatic rings. The molecule has 1 saturated heterocycles. The highest BCUT2D eigenvalue weighted by Crippen LogP contribution is 2.40. The standard InChI is InChI=1S/C15H16N4O3S/c1-9-16-15-19(17-9)14(21)13(23-15)12(11-3-2-8-22-11)18-6-4-10(20)5-7-18/h2-3,8,12,21H,4-7H2,1H3. The Bertz CT molecular complexity index is 842. The lowest BCUT2D eigenvalue weighted by Crippen LogP contribution is -2.37. The molecular weight excluding hydrogens is 316 g/mol. The molecule has 0 amide bonds. The summed E-state index contributed by atoms with van der Waals surface area (Å²) in [6.45, 7) is 3.09. The van der Waals surface area contributed by atoms with Gasteiger partial charge in [0.1, 0.15) is 23.4 Å². The Hall–Kier alpha value is -2.19. The predicted octanol–water partition coefficient (Wildman–Crippen LogP) is 2.15. The minimum Gasteiger partial charge on any atom is -0.492 e. The molecule has 0 aliphatic carbocycles. The number of carbonyl (C=O) groups excluding carboxylic acids is 1. The largest absolute Gasteiger partial charge is 0.492 e. The molecule has 0 spiro atoms. The van der Waals surface area contributed by atoms with Gasteiger partial charge in [-0.15, -0.1) is 5.10 Å². The first-order valence-electron chi connectivity index (χ1n) is 7.47. The van der Waals surface area contributed by atoms with Gasteiger partial charge in [-0.1, -0.05) is 11.3 Å². The number of hydrogen-bond donors (Lipinski definition) is 1. The van der Waals surface area contributed by atoms with Gasteiger partial charge in [0, 0.05) is 25.9 Å². The molecular formula is C15H16N4O3S. The van der Waals surface area contributed by atoms with Crippen molar-refractivity contribution >= 4 is 22.1 Å². The fourth-order valence-electron chi connectivity index (χ4n) is 2.98. The maximum absolute atomic E-state index is 11.5. The zero-order chi connectivity index (χ0) is 16.0. The highest BCUT2D eigenvalue weighted by Gasteiger charge is 2.33. The number of aromatic nitrogens is 3. The molecule has 1 N–H and O–H groups in total. The number of hydrogen-bond acceptors (Lipinski definition) is 7. The Morgan fingerprint density at radius 1 is 1.39 bits per heavy atom. The van der Waals surface area contributed by atoms with Crippen LogP contribution in [0.1, 0.15) is 35.3 Å². The van der Waals surface area contributed by atoms with Crippen molar-refractivity contribution < 1.29 is 14.3 Å². The van der Waals surface area contributed by atoms with Crippen LogP contribution in [0.15, 0.2) is 22.8 Å². The maximum Gasteiger partial charge on any atom is 0.230 e. The second-order valence-electron chi connectivity index (χ2n) is 5.64. The summed E-state index contributed by atoms with van der Waals surface area (Å²) in [4.78, 5) is 19.4. The van der Waals surface area contributed by atoms with Crippen LogP contribution in [0, 0.1) is 6.92 Å². The normalized spacial score (nSPS) is 17.9. The molecule has 1 fully saturated rings. The summed E-state index contributed by atoms with van der Waals surface area (Å²) in [5, 5.41) is 14.8. The molecule has 1 aliphatic rings. The van der Waals surface area contributed by atoms with E-state index in [1.54, 1.807) is 13.2 Å². The van der Waals surface area contributed by atoms with E-state index in [4.69, 9.17) is 4.42 Å². The highest BCUT2D eigenvalue weighted by atomic mass is 32.1. The number of nitrogens with zero attached hydrogens (tertiary/aromatic N) is 4. The van der Waals surface area contributed by atoms with Crippen LogP contribution in [0.3, 0.4) is 0 Å². The van der Waals surface area contributed by atoms with E-state index in [0.29, 0.717) is 36.7 Å². The Morgan fingerprint density at radius 2 is 2.17 bits per heavy atom. The van der Waals surface area contributed by atoms with E-state index in [-0.39, 0.29) is 17.7 Å². The van der Waals surface area contributed by atoms with Crippen molar-refractivity contribution in [3.8, 4) is 5.88 Å². The Morgan fingerprint density at radius 3 is 2.83 bits per heavy atom. The number of carbonyl (C=O) groups is 1. The fourth-order valence-corrected chi connectivity index (χ4v) is 4.12. The summed E-state index contributed by atoms with van der Waals surface area (Å²) in [6, 6.07) is 3.49. The molecule has 4 heterocycles. The van der Waals surface area contributed by atoms with Crippen molar-refractivity contribution in [1.82, 2.24) is 19.5 Å². The van der Waals surface area contributed by atoms with Gasteiger partial charge < -0.3 is 9.52 Å². The van der Waals surface area contributed by atoms with Gasteiger partial charge >= 0.3 is 0 Å². The smallest absolute Gasteiger partial charge is 0.230 e. The molecule has 8 heteroatoms. The Labute approximate surface area is 136 Å². The molecule has 23 heavy (non-hydrogen) atoms. The lowest BCUT2D eigenvalue weighted by molar-refractivity contribution is -0.121. The van der Waals surface area contributed by atoms with Crippen LogP contribution in [-0.4, -0.2) is 43.5 Å². The number of aromatic hydroxyl groups is 1. The third kappa shape index (κ3) is 2.43. The second-order valence-corrected chi connectivity index (χ2v) is 6.65. The molecule has 0 saturated carbocycles. The minimum absolute atomic E-state index is 0.0869. The number of furan rings is 1. The summed E-state index contributed by atoms with van der Waals surface area (Å²) in [6.07, 6.45) is 2.67. The van der Waals surface area contributed by atoms with E-state index >= 15 is 0 Å². The van der Waals surface area contributed by atoms with Gasteiger partial charge in [-0.2, -0.15) is 4.52 Å². The molecule has 1 aliphatic heterocycles. The summed E-state index contributed by atoms with van der Waals surface area (Å²) in [7, 11) is 0. The summed E-state index contributed by atoms with van der Waals surface area (Å²) < 4.78 is 7.06. The molecule has 1 atom stereocenters. The van der Waals surface area contributed by atoms with Crippen molar-refractivity contribution in [2.24, 2.45) is 0 Å². The Kier molecular flexibility index (Phi) is 3.42. The van der Waals surface area contributed by atoms with E-state index in [0.717, 1.165) is 10.6 Å². The van der Waals surface area contributed by atoms with Gasteiger partial charge in [0.15, 0.2) is 0 Å². The summed E-state index contributed by atoms with van der Waals surface area (Å²) in [5.74, 6) is 1.73. The lowest BCUT2D eigenvalue weighted by Gasteiger charge is -2.32. The van der Waals surface area contributed by atoms with Crippen LogP contribution in [0.2, 0.25) is 0 Å². The average molecular weight is 332 g/mol. The molecule has 1 unspecified atom stereocenters. The highest BCUT2D eigenvalue weighted by molar-refractivity contribution is 7.17. The number of aryl methyl sites for hydroxylation is 1. The molecule has 0 radical (unpaired) electrons. The number of rotatable bonds is 3. The molecule has 7 nitrogen and oxygen atoms in total. The SMILES string of the molecule is Cc1nc2sc(C(c3ccco3)N3CCC(=O)CC3)c(O)n2n1. The number of thiazole rings is 1. The minimum atomic E-state index is -0.230. The summed E-state index contributed by atoms with van der Waals surface area (Å²) >= 11 is 1.40. The first-order valence-corrected chi connectivity index (χ1v) is 8.29. The van der Waals surface area contributed by atoms with Gasteiger partial charge in [-0.3, -0.25) is 9.69 Å². The van der Waals surface area contributed by atoms with Crippen LogP contribution in [0.4, 0.5) is 0 Å². The fraction of sp³-hybridized carbons (Fsp3) is 0.400. The van der Waals surface area contributed by atoms with Crippen LogP contribution in [0.25, 0.3) is 4.96 Å². The van der Waals surface area contributed by atoms with E-state index in [2.05, 4.69) is 15.0 Å². The van der Waals surface area contributed by atoms with Crippen LogP contribution in [-0.2, 0) is 4.79 Å². The van der Waals surface area contributed by atoms with Gasteiger partial charge in [0.05, 0.1) is 11.1 Å². The molecule has 4 rings (SSSR count). The molecule has 0 bridgehead atoms. The first-order chi connectivity index (χ1) is 11.1. The van der Waals surface area contributed by atoms with Crippen LogP contribution < -0.4 is 0 Å². The number of piperidine rings is 1. The van der Waals surface area contributed by atoms with E-state index in [1.807, 2.05) is 12.1 Å². The molecule has 120 valence electrons. The molecule has 3 aromatic heterocycles. The van der Waals surface area contributed by atoms with Gasteiger partial charge in [-0.25, -0.2) is 4.98 Å². The lowest BCUT2D eigenvalue weighted by atomic mass is 10.0. The first kappa shape index (κ1) is 14.4. The zero-order valence-electron chi connectivity index (χ0n) is 12.6. The van der Waals surface area contributed by atoms with Crippen molar-refractivity contribution in [1.29, 1.82) is 0 Å². The van der Waals surface area contributed by atoms with Crippen molar-refractivity contribution in [3.63, 3.8) is 0 Å². The van der Waals surface area contributed by atoms with Gasteiger partial charge in [0.2, 0.25) is 10.8 Å². The third-order valence-electron chi connectivity index (χ3n) is 4.09. The molecule has 0 aromatic carbocycles. The van der Waals surface area contributed by atoms with E-state index in [1.165, 1.54) is 15.9 Å². The van der Waals surface area contributed by atoms with Gasteiger partial charge in [-0.05, 0) is 19.1 Å². The number of likely N-dealkylation sites (tertiary alicyclic amines) is 1. The second kappa shape index (κ2) is 5.47. The third-order valence-corrected chi connectivity index (χ3v) is 5.16. The van der Waals surface area contributed by atoms with Crippen LogP contribution >= 0.6 is 11.3 Å². The van der Waals surface area contributed by atoms with E-state index < -0.39 is 0 Å². The average Bonchev–Trinajstić information content (AvgIpc) is 3.22. The van der Waals surface area contributed by atoms with Crippen molar-refractivity contribution in [2.75, 3.05) is 13.1 Å². The topological polar surface area (TPSA) is 83.9 Å². The zero-order valence-corrected chi connectivity index (χ0v) is 13.4. The van der Waals surface area contributed by atoms with Gasteiger partial charge in [0.25, 0.3) is 0 Å². The number of ketones is 1. The summed E-state index contributed by atoms with van der Waals surface area (Å²) in [5.41, 5.74) is 0. The van der Waals surface area contributed by atoms with E-state index in [9.17, 15) is 9.90 Å². The van der Waals surface area contributed by atoms with Crippen molar-refractivity contribution in [3.05, 3.63) is 34.9 Å². The quantitative estimate of drug-likeness (QED) is 0.791. The van der Waals surface area contributed by atoms with Crippen LogP contribution in [0.5, 0.6) is 5.88 Å². The number of fused-ring (bicyclic) bond motifs is 1. The maximum atomic E-state index is 11.5. The van der Waals surface area contributed by atoms with Crippen molar-refractivity contribution in [2.45, 2.75) is 25.8 Å². The number of Topliss-reactive ketones (excluding diaryl/α,β-unsaturated/α-hetero) is 1.